The van der Waals surface area contributed by atoms with Crippen LogP contribution < -0.4 is 4.74 Å². The average Bonchev–Trinajstić information content (AvgIpc) is 3.09. The van der Waals surface area contributed by atoms with Gasteiger partial charge in [0, 0.05) is 29.0 Å². The van der Waals surface area contributed by atoms with Gasteiger partial charge in [-0.25, -0.2) is 9.37 Å². The first kappa shape index (κ1) is 24.9. The second kappa shape index (κ2) is 11.8. The average molecular weight is 447 g/mol. The fourth-order valence-corrected chi connectivity index (χ4v) is 3.41. The predicted octanol–water partition coefficient (Wildman–Crippen LogP) is 7.45. The van der Waals surface area contributed by atoms with E-state index >= 15 is 0 Å². The van der Waals surface area contributed by atoms with Crippen LogP contribution in [0.15, 0.2) is 42.7 Å². The van der Waals surface area contributed by atoms with Crippen molar-refractivity contribution in [2.75, 3.05) is 7.11 Å². The Morgan fingerprint density at radius 1 is 1.19 bits per heavy atom. The van der Waals surface area contributed by atoms with Gasteiger partial charge in [0.1, 0.15) is 17.6 Å². The molecule has 1 aromatic carbocycles. The van der Waals surface area contributed by atoms with Crippen molar-refractivity contribution in [2.24, 2.45) is 5.92 Å². The first-order valence-electron chi connectivity index (χ1n) is 10.7. The number of ketones is 1. The molecule has 0 aliphatic rings. The fourth-order valence-electron chi connectivity index (χ4n) is 3.17. The summed E-state index contributed by atoms with van der Waals surface area (Å²) in [6.45, 7) is 7.82. The second-order valence-electron chi connectivity index (χ2n) is 8.05. The lowest BCUT2D eigenvalue weighted by atomic mass is 10.0. The number of carbonyl (C=O) groups is 1. The summed E-state index contributed by atoms with van der Waals surface area (Å²) in [6.07, 6.45) is 6.32. The van der Waals surface area contributed by atoms with Crippen LogP contribution in [-0.4, -0.2) is 28.6 Å². The summed E-state index contributed by atoms with van der Waals surface area (Å²) in [7, 11) is 1.63. The highest BCUT2D eigenvalue weighted by Crippen LogP contribution is 2.28. The summed E-state index contributed by atoms with van der Waals surface area (Å²) < 4.78 is 19.8. The topological polar surface area (TPSA) is 44.1 Å². The first-order valence-corrected chi connectivity index (χ1v) is 11.1. The Kier molecular flexibility index (Phi) is 9.50. The maximum Gasteiger partial charge on any atom is 0.161 e. The smallest absolute Gasteiger partial charge is 0.161 e. The molecule has 0 amide bonds. The van der Waals surface area contributed by atoms with Crippen LogP contribution in [0.2, 0.25) is 5.02 Å². The van der Waals surface area contributed by atoms with Gasteiger partial charge in [-0.1, -0.05) is 38.8 Å². The van der Waals surface area contributed by atoms with E-state index in [0.29, 0.717) is 16.5 Å². The molecule has 0 bridgehead atoms. The van der Waals surface area contributed by atoms with Crippen molar-refractivity contribution in [2.45, 2.75) is 59.5 Å². The van der Waals surface area contributed by atoms with Crippen LogP contribution in [0.4, 0.5) is 4.39 Å². The van der Waals surface area contributed by atoms with Crippen molar-refractivity contribution in [3.05, 3.63) is 53.3 Å². The van der Waals surface area contributed by atoms with Crippen molar-refractivity contribution in [1.29, 1.82) is 0 Å². The Hall–Kier alpha value is -2.40. The van der Waals surface area contributed by atoms with Crippen LogP contribution in [0, 0.1) is 5.92 Å². The van der Waals surface area contributed by atoms with Crippen LogP contribution in [0.5, 0.6) is 5.75 Å². The molecule has 168 valence electrons. The number of alkyl halides is 1. The van der Waals surface area contributed by atoms with Gasteiger partial charge in [0.15, 0.2) is 5.78 Å². The van der Waals surface area contributed by atoms with Gasteiger partial charge in [0.05, 0.1) is 12.1 Å². The molecule has 1 atom stereocenters. The minimum Gasteiger partial charge on any atom is -0.497 e. The summed E-state index contributed by atoms with van der Waals surface area (Å²) in [4.78, 5) is 15.8. The molecular weight excluding hydrogens is 415 g/mol. The molecule has 0 saturated carbocycles. The first-order chi connectivity index (χ1) is 14.8. The molecule has 31 heavy (non-hydrogen) atoms. The van der Waals surface area contributed by atoms with Crippen LogP contribution in [-0.2, 0) is 0 Å². The van der Waals surface area contributed by atoms with E-state index in [1.54, 1.807) is 25.6 Å². The fraction of sp³-hybridized carbons (Fsp3) is 0.440. The summed E-state index contributed by atoms with van der Waals surface area (Å²) >= 11 is 6.27. The number of hydrogen-bond acceptors (Lipinski definition) is 3. The van der Waals surface area contributed by atoms with E-state index in [2.05, 4.69) is 18.8 Å². The summed E-state index contributed by atoms with van der Waals surface area (Å²) in [5, 5.41) is 1.33. The number of methoxy groups -OCH3 is 1. The lowest BCUT2D eigenvalue weighted by Gasteiger charge is -2.07. The van der Waals surface area contributed by atoms with Crippen molar-refractivity contribution in [1.82, 2.24) is 9.55 Å². The van der Waals surface area contributed by atoms with E-state index < -0.39 is 6.17 Å². The Morgan fingerprint density at radius 2 is 1.87 bits per heavy atom. The number of aromatic nitrogens is 2. The third kappa shape index (κ3) is 7.06. The highest BCUT2D eigenvalue weighted by atomic mass is 35.5. The van der Waals surface area contributed by atoms with Gasteiger partial charge in [-0.2, -0.15) is 0 Å². The lowest BCUT2D eigenvalue weighted by Crippen LogP contribution is -2.01. The number of rotatable bonds is 8. The zero-order chi connectivity index (χ0) is 23.0. The van der Waals surface area contributed by atoms with E-state index in [4.69, 9.17) is 16.3 Å². The van der Waals surface area contributed by atoms with Crippen molar-refractivity contribution >= 4 is 28.4 Å². The van der Waals surface area contributed by atoms with Crippen LogP contribution in [0.25, 0.3) is 16.7 Å². The van der Waals surface area contributed by atoms with E-state index in [1.165, 1.54) is 6.92 Å². The Balaban J connectivity index is 0.000000291. The highest BCUT2D eigenvalue weighted by molar-refractivity contribution is 6.35. The monoisotopic (exact) mass is 446 g/mol. The molecule has 6 heteroatoms. The summed E-state index contributed by atoms with van der Waals surface area (Å²) in [5.41, 5.74) is 2.20. The molecule has 3 aromatic rings. The van der Waals surface area contributed by atoms with Crippen molar-refractivity contribution in [3.8, 4) is 11.4 Å². The molecule has 2 heterocycles. The standard InChI is InChI=1S/C16H13ClN2O2.C9H19F/c1-10(20)11-7-14-15(17)9-19(16(14)18-8-11)12-3-5-13(21-2)6-4-12;1-4-5-9(10)7-6-8(2)3/h3-9H,1-2H3;8-9H,4-7H2,1-3H3. The third-order valence-electron chi connectivity index (χ3n) is 5.01. The van der Waals surface area contributed by atoms with Gasteiger partial charge in [0.2, 0.25) is 0 Å². The third-order valence-corrected chi connectivity index (χ3v) is 5.31. The van der Waals surface area contributed by atoms with Gasteiger partial charge < -0.3 is 4.74 Å². The van der Waals surface area contributed by atoms with E-state index in [9.17, 15) is 9.18 Å². The molecule has 0 radical (unpaired) electrons. The number of Topliss-reactive ketones (excluding diaryl/α,β-unsaturated/α-hetero) is 1. The molecule has 0 aliphatic carbocycles. The van der Waals surface area contributed by atoms with Gasteiger partial charge in [-0.3, -0.25) is 9.36 Å². The Labute approximate surface area is 189 Å². The molecule has 2 aromatic heterocycles. The van der Waals surface area contributed by atoms with Crippen molar-refractivity contribution < 1.29 is 13.9 Å². The predicted molar refractivity (Wildman–Crippen MR) is 127 cm³/mol. The number of nitrogens with zero attached hydrogens (tertiary/aromatic N) is 2. The van der Waals surface area contributed by atoms with Gasteiger partial charge >= 0.3 is 0 Å². The maximum atomic E-state index is 12.8. The number of carbonyl (C=O) groups excluding carboxylic acids is 1. The number of pyridine rings is 1. The molecule has 0 spiro atoms. The number of hydrogen-bond donors (Lipinski definition) is 0. The van der Waals surface area contributed by atoms with E-state index in [0.717, 1.165) is 48.2 Å². The number of benzene rings is 1. The molecular formula is C25H32ClFN2O2. The van der Waals surface area contributed by atoms with Crippen LogP contribution in [0.3, 0.4) is 0 Å². The van der Waals surface area contributed by atoms with Gasteiger partial charge in [-0.15, -0.1) is 0 Å². The minimum atomic E-state index is -0.549. The normalized spacial score (nSPS) is 11.9. The molecule has 3 rings (SSSR count). The highest BCUT2D eigenvalue weighted by Gasteiger charge is 2.12. The molecule has 0 fully saturated rings. The molecule has 0 N–H and O–H groups in total. The second-order valence-corrected chi connectivity index (χ2v) is 8.46. The lowest BCUT2D eigenvalue weighted by molar-refractivity contribution is 0.101. The quantitative estimate of drug-likeness (QED) is 0.337. The minimum absolute atomic E-state index is 0.0299. The van der Waals surface area contributed by atoms with Crippen LogP contribution in [0.1, 0.15) is 63.7 Å². The zero-order valence-corrected chi connectivity index (χ0v) is 19.7. The van der Waals surface area contributed by atoms with Crippen molar-refractivity contribution in [3.63, 3.8) is 0 Å². The van der Waals surface area contributed by atoms with Gasteiger partial charge in [-0.05, 0) is 62.4 Å². The summed E-state index contributed by atoms with van der Waals surface area (Å²) in [5.74, 6) is 1.40. The molecule has 0 saturated heterocycles. The largest absolute Gasteiger partial charge is 0.497 e. The number of ether oxygens (including phenoxy) is 1. The van der Waals surface area contributed by atoms with E-state index in [1.807, 2.05) is 35.8 Å². The van der Waals surface area contributed by atoms with Crippen LogP contribution >= 0.6 is 11.6 Å². The molecule has 0 aliphatic heterocycles. The SMILES string of the molecule is CCCC(F)CCC(C)C.COc1ccc(-n2cc(Cl)c3cc(C(C)=O)cnc32)cc1. The maximum absolute atomic E-state index is 12.8. The number of fused-ring (bicyclic) bond motifs is 1. The molecule has 1 unspecified atom stereocenters. The Bertz CT molecular complexity index is 983. The van der Waals surface area contributed by atoms with E-state index in [-0.39, 0.29) is 5.78 Å². The number of halogens is 2. The van der Waals surface area contributed by atoms with Gasteiger partial charge in [0.25, 0.3) is 0 Å². The summed E-state index contributed by atoms with van der Waals surface area (Å²) in [6, 6.07) is 9.37. The molecule has 4 nitrogen and oxygen atoms in total. The zero-order valence-electron chi connectivity index (χ0n) is 19.0. The Morgan fingerprint density at radius 3 is 2.42 bits per heavy atom.